The Kier molecular flexibility index (Phi) is 7.76. The summed E-state index contributed by atoms with van der Waals surface area (Å²) in [5.41, 5.74) is 2.70. The van der Waals surface area contributed by atoms with Crippen LogP contribution in [0.2, 0.25) is 0 Å². The Balaban J connectivity index is 2.21. The lowest BCUT2D eigenvalue weighted by atomic mass is 10.0. The maximum Gasteiger partial charge on any atom is 0.337 e. The summed E-state index contributed by atoms with van der Waals surface area (Å²) in [6, 6.07) is 14.5. The van der Waals surface area contributed by atoms with Gasteiger partial charge in [-0.2, -0.15) is 5.06 Å². The Labute approximate surface area is 178 Å². The van der Waals surface area contributed by atoms with Crippen molar-refractivity contribution in [3.05, 3.63) is 70.8 Å². The fraction of sp³-hybridized carbons (Fsp3) is 0.417. The summed E-state index contributed by atoms with van der Waals surface area (Å²) in [5.74, 6) is -0.724. The van der Waals surface area contributed by atoms with Gasteiger partial charge in [-0.1, -0.05) is 24.3 Å². The average Bonchev–Trinajstić information content (AvgIpc) is 2.75. The molecule has 2 atom stereocenters. The molecule has 0 heterocycles. The summed E-state index contributed by atoms with van der Waals surface area (Å²) in [6.07, 6.45) is -0.229. The van der Waals surface area contributed by atoms with Crippen molar-refractivity contribution in [2.45, 2.75) is 52.3 Å². The molecule has 0 spiro atoms. The second kappa shape index (κ2) is 9.87. The molecule has 0 amide bonds. The molecule has 6 heteroatoms. The van der Waals surface area contributed by atoms with Crippen molar-refractivity contribution in [3.63, 3.8) is 0 Å². The van der Waals surface area contributed by atoms with E-state index in [9.17, 15) is 9.59 Å². The number of hydroxylamine groups is 2. The van der Waals surface area contributed by atoms with Crippen LogP contribution in [0.15, 0.2) is 48.5 Å². The first-order chi connectivity index (χ1) is 14.1. The minimum absolute atomic E-state index is 0.0616. The van der Waals surface area contributed by atoms with Crippen molar-refractivity contribution in [2.75, 3.05) is 14.2 Å². The van der Waals surface area contributed by atoms with Gasteiger partial charge in [0.05, 0.1) is 31.4 Å². The van der Waals surface area contributed by atoms with Gasteiger partial charge in [0.2, 0.25) is 0 Å². The lowest BCUT2D eigenvalue weighted by Crippen LogP contribution is -2.43. The van der Waals surface area contributed by atoms with E-state index in [2.05, 4.69) is 27.7 Å². The standard InChI is InChI=1S/C24H31NO5/c1-16(18-8-12-20(13-9-18)22(26)28-6)25(24(3,4)5)30-17(2)19-10-14-21(15-11-19)23(27)29-7/h8-17H,1-7H3. The maximum atomic E-state index is 11.7. The van der Waals surface area contributed by atoms with Crippen LogP contribution in [0.1, 0.15) is 78.6 Å². The lowest BCUT2D eigenvalue weighted by molar-refractivity contribution is -0.262. The van der Waals surface area contributed by atoms with Gasteiger partial charge in [0, 0.05) is 5.54 Å². The molecule has 2 aromatic carbocycles. The summed E-state index contributed by atoms with van der Waals surface area (Å²) in [6.45, 7) is 10.3. The van der Waals surface area contributed by atoms with Crippen molar-refractivity contribution in [3.8, 4) is 0 Å². The smallest absolute Gasteiger partial charge is 0.337 e. The van der Waals surface area contributed by atoms with Crippen LogP contribution >= 0.6 is 0 Å². The molecule has 6 nitrogen and oxygen atoms in total. The molecule has 30 heavy (non-hydrogen) atoms. The maximum absolute atomic E-state index is 11.7. The predicted octanol–water partition coefficient (Wildman–Crippen LogP) is 5.11. The van der Waals surface area contributed by atoms with Crippen LogP contribution in [0.4, 0.5) is 0 Å². The predicted molar refractivity (Wildman–Crippen MR) is 115 cm³/mol. The van der Waals surface area contributed by atoms with Crippen LogP contribution in [0.3, 0.4) is 0 Å². The van der Waals surface area contributed by atoms with Gasteiger partial charge in [-0.05, 0) is 70.0 Å². The molecule has 0 radical (unpaired) electrons. The molecule has 0 saturated heterocycles. The molecule has 162 valence electrons. The van der Waals surface area contributed by atoms with Gasteiger partial charge in [0.25, 0.3) is 0 Å². The summed E-state index contributed by atoms with van der Waals surface area (Å²) in [7, 11) is 2.73. The van der Waals surface area contributed by atoms with Gasteiger partial charge >= 0.3 is 11.9 Å². The highest BCUT2D eigenvalue weighted by molar-refractivity contribution is 5.89. The van der Waals surface area contributed by atoms with E-state index in [0.29, 0.717) is 11.1 Å². The average molecular weight is 414 g/mol. The van der Waals surface area contributed by atoms with E-state index in [-0.39, 0.29) is 29.6 Å². The Morgan fingerprint density at radius 3 is 1.53 bits per heavy atom. The minimum Gasteiger partial charge on any atom is -0.465 e. The van der Waals surface area contributed by atoms with E-state index >= 15 is 0 Å². The third-order valence-electron chi connectivity index (χ3n) is 4.90. The molecule has 2 aromatic rings. The summed E-state index contributed by atoms with van der Waals surface area (Å²) < 4.78 is 9.52. The fourth-order valence-electron chi connectivity index (χ4n) is 3.22. The molecular weight excluding hydrogens is 382 g/mol. The second-order valence-corrected chi connectivity index (χ2v) is 8.15. The second-order valence-electron chi connectivity index (χ2n) is 8.15. The van der Waals surface area contributed by atoms with Gasteiger partial charge in [-0.3, -0.25) is 4.84 Å². The quantitative estimate of drug-likeness (QED) is 0.464. The molecule has 2 unspecified atom stereocenters. The van der Waals surface area contributed by atoms with Crippen molar-refractivity contribution in [1.82, 2.24) is 5.06 Å². The first-order valence-corrected chi connectivity index (χ1v) is 9.91. The first-order valence-electron chi connectivity index (χ1n) is 9.91. The monoisotopic (exact) mass is 413 g/mol. The topological polar surface area (TPSA) is 65.1 Å². The number of carbonyl (C=O) groups is 2. The van der Waals surface area contributed by atoms with Crippen molar-refractivity contribution in [1.29, 1.82) is 0 Å². The lowest BCUT2D eigenvalue weighted by Gasteiger charge is -2.41. The summed E-state index contributed by atoms with van der Waals surface area (Å²) in [4.78, 5) is 29.7. The van der Waals surface area contributed by atoms with E-state index in [1.165, 1.54) is 14.2 Å². The van der Waals surface area contributed by atoms with E-state index in [4.69, 9.17) is 14.3 Å². The molecule has 0 aromatic heterocycles. The molecule has 0 N–H and O–H groups in total. The van der Waals surface area contributed by atoms with Gasteiger partial charge in [-0.25, -0.2) is 9.59 Å². The third kappa shape index (κ3) is 5.68. The highest BCUT2D eigenvalue weighted by Gasteiger charge is 2.30. The number of hydrogen-bond donors (Lipinski definition) is 0. The molecular formula is C24H31NO5. The molecule has 0 saturated carbocycles. The molecule has 0 fully saturated rings. The van der Waals surface area contributed by atoms with E-state index < -0.39 is 0 Å². The zero-order valence-corrected chi connectivity index (χ0v) is 18.8. The summed E-state index contributed by atoms with van der Waals surface area (Å²) in [5, 5.41) is 1.96. The number of ether oxygens (including phenoxy) is 2. The molecule has 0 aliphatic carbocycles. The van der Waals surface area contributed by atoms with E-state index in [1.807, 2.05) is 36.3 Å². The number of rotatable bonds is 7. The minimum atomic E-state index is -0.365. The van der Waals surface area contributed by atoms with Gasteiger partial charge in [0.15, 0.2) is 0 Å². The zero-order chi connectivity index (χ0) is 22.5. The Bertz CT molecular complexity index is 853. The van der Waals surface area contributed by atoms with Crippen molar-refractivity contribution < 1.29 is 23.9 Å². The molecule has 0 aliphatic heterocycles. The van der Waals surface area contributed by atoms with E-state index in [1.54, 1.807) is 24.3 Å². The van der Waals surface area contributed by atoms with Crippen molar-refractivity contribution in [2.24, 2.45) is 0 Å². The largest absolute Gasteiger partial charge is 0.465 e. The fourth-order valence-corrected chi connectivity index (χ4v) is 3.22. The number of hydrogen-bond acceptors (Lipinski definition) is 6. The SMILES string of the molecule is COC(=O)c1ccc(C(C)ON(C(C)c2ccc(C(=O)OC)cc2)C(C)(C)C)cc1. The van der Waals surface area contributed by atoms with Crippen LogP contribution in [0.25, 0.3) is 0 Å². The Hall–Kier alpha value is -2.70. The summed E-state index contributed by atoms with van der Waals surface area (Å²) >= 11 is 0. The van der Waals surface area contributed by atoms with Crippen LogP contribution < -0.4 is 0 Å². The van der Waals surface area contributed by atoms with Gasteiger partial charge < -0.3 is 9.47 Å². The first kappa shape index (κ1) is 23.6. The van der Waals surface area contributed by atoms with Crippen LogP contribution in [0.5, 0.6) is 0 Å². The Morgan fingerprint density at radius 1 is 0.767 bits per heavy atom. The number of benzene rings is 2. The van der Waals surface area contributed by atoms with Crippen LogP contribution in [0, 0.1) is 0 Å². The van der Waals surface area contributed by atoms with Gasteiger partial charge in [-0.15, -0.1) is 0 Å². The third-order valence-corrected chi connectivity index (χ3v) is 4.90. The number of methoxy groups -OCH3 is 2. The highest BCUT2D eigenvalue weighted by Crippen LogP contribution is 2.32. The Morgan fingerprint density at radius 2 is 1.17 bits per heavy atom. The van der Waals surface area contributed by atoms with Crippen molar-refractivity contribution >= 4 is 11.9 Å². The molecule has 2 rings (SSSR count). The zero-order valence-electron chi connectivity index (χ0n) is 18.8. The van der Waals surface area contributed by atoms with Crippen LogP contribution in [-0.4, -0.2) is 36.8 Å². The molecule has 0 aliphatic rings. The number of nitrogens with zero attached hydrogens (tertiary/aromatic N) is 1. The number of carbonyl (C=O) groups excluding carboxylic acids is 2. The van der Waals surface area contributed by atoms with Gasteiger partial charge in [0.1, 0.15) is 6.10 Å². The normalized spacial score (nSPS) is 13.6. The number of esters is 2. The molecule has 0 bridgehead atoms. The highest BCUT2D eigenvalue weighted by atomic mass is 16.7. The van der Waals surface area contributed by atoms with E-state index in [0.717, 1.165) is 11.1 Å². The van der Waals surface area contributed by atoms with Crippen LogP contribution in [-0.2, 0) is 14.3 Å².